The summed E-state index contributed by atoms with van der Waals surface area (Å²) in [5, 5.41) is 10.6. The summed E-state index contributed by atoms with van der Waals surface area (Å²) in [4.78, 5) is 27.1. The predicted molar refractivity (Wildman–Crippen MR) is 122 cm³/mol. The molecule has 3 heterocycles. The molecule has 1 saturated heterocycles. The van der Waals surface area contributed by atoms with Crippen molar-refractivity contribution in [1.82, 2.24) is 19.9 Å². The first-order valence-corrected chi connectivity index (χ1v) is 11.2. The Hall–Kier alpha value is -3.61. The molecule has 2 fully saturated rings. The van der Waals surface area contributed by atoms with E-state index in [9.17, 15) is 22.0 Å². The molecule has 5 rings (SSSR count). The first-order chi connectivity index (χ1) is 17.1. The molecule has 36 heavy (non-hydrogen) atoms. The highest BCUT2D eigenvalue weighted by Gasteiger charge is 2.38. The smallest absolute Gasteiger partial charge is 0.475 e. The number of aliphatic carboxylic acids is 1. The number of alkyl halides is 3. The van der Waals surface area contributed by atoms with Gasteiger partial charge >= 0.3 is 12.1 Å². The van der Waals surface area contributed by atoms with Crippen LogP contribution < -0.4 is 10.2 Å². The van der Waals surface area contributed by atoms with Crippen LogP contribution in [0.2, 0.25) is 0 Å². The van der Waals surface area contributed by atoms with Crippen LogP contribution in [0.5, 0.6) is 0 Å². The number of fused-ring (bicyclic) bond motifs is 1. The van der Waals surface area contributed by atoms with E-state index in [1.807, 2.05) is 6.07 Å². The molecule has 3 aromatic rings. The summed E-state index contributed by atoms with van der Waals surface area (Å²) in [5.41, 5.74) is 2.13. The standard InChI is InChI=1S/C21H22F2N6.C2HF3O2/c22-15-2-1-14(17(23)11-15)13-28-7-9-29(10-8-28)21-20(25-16-3-4-16)26-18-5-6-24-12-19(18)27-21;3-2(4,5)1(6)7/h1-2,5-6,11-12,16H,3-4,7-10,13H2,(H,25,26);(H,6,7). The Morgan fingerprint density at radius 2 is 1.75 bits per heavy atom. The lowest BCUT2D eigenvalue weighted by Gasteiger charge is -2.36. The summed E-state index contributed by atoms with van der Waals surface area (Å²) in [7, 11) is 0. The quantitative estimate of drug-likeness (QED) is 0.501. The Labute approximate surface area is 202 Å². The van der Waals surface area contributed by atoms with Gasteiger partial charge in [0.15, 0.2) is 11.6 Å². The summed E-state index contributed by atoms with van der Waals surface area (Å²) in [6.45, 7) is 3.55. The van der Waals surface area contributed by atoms with E-state index in [1.165, 1.54) is 12.1 Å². The molecular weight excluding hydrogens is 487 g/mol. The molecule has 0 amide bonds. The second-order valence-electron chi connectivity index (χ2n) is 8.48. The summed E-state index contributed by atoms with van der Waals surface area (Å²) >= 11 is 0. The topological polar surface area (TPSA) is 94.5 Å². The minimum atomic E-state index is -5.08. The van der Waals surface area contributed by atoms with Gasteiger partial charge in [0.1, 0.15) is 17.2 Å². The van der Waals surface area contributed by atoms with Gasteiger partial charge in [0.05, 0.1) is 11.7 Å². The van der Waals surface area contributed by atoms with Crippen LogP contribution in [0.4, 0.5) is 33.6 Å². The fourth-order valence-corrected chi connectivity index (χ4v) is 3.64. The van der Waals surface area contributed by atoms with Gasteiger partial charge in [0, 0.05) is 56.6 Å². The highest BCUT2D eigenvalue weighted by atomic mass is 19.4. The number of nitrogens with one attached hydrogen (secondary N) is 1. The Morgan fingerprint density at radius 1 is 1.06 bits per heavy atom. The number of carboxylic acids is 1. The maximum absolute atomic E-state index is 14.0. The van der Waals surface area contributed by atoms with E-state index in [4.69, 9.17) is 19.9 Å². The maximum atomic E-state index is 14.0. The van der Waals surface area contributed by atoms with Crippen molar-refractivity contribution in [3.05, 3.63) is 53.9 Å². The van der Waals surface area contributed by atoms with Crippen LogP contribution in [-0.2, 0) is 11.3 Å². The molecule has 1 saturated carbocycles. The zero-order chi connectivity index (χ0) is 25.9. The number of nitrogens with zero attached hydrogens (tertiary/aromatic N) is 5. The summed E-state index contributed by atoms with van der Waals surface area (Å²) in [5.74, 6) is -2.12. The molecule has 1 aliphatic heterocycles. The van der Waals surface area contributed by atoms with E-state index >= 15 is 0 Å². The Balaban J connectivity index is 0.000000384. The highest BCUT2D eigenvalue weighted by molar-refractivity contribution is 5.80. The molecule has 0 spiro atoms. The van der Waals surface area contributed by atoms with Crippen molar-refractivity contribution in [1.29, 1.82) is 0 Å². The zero-order valence-corrected chi connectivity index (χ0v) is 19.0. The SMILES string of the molecule is Fc1ccc(CN2CCN(c3nc4cnccc4nc3NC3CC3)CC2)c(F)c1.O=C(O)C(F)(F)F. The van der Waals surface area contributed by atoms with Crippen molar-refractivity contribution in [2.75, 3.05) is 36.4 Å². The molecule has 1 aliphatic carbocycles. The van der Waals surface area contributed by atoms with Crippen molar-refractivity contribution in [2.24, 2.45) is 0 Å². The average molecular weight is 510 g/mol. The largest absolute Gasteiger partial charge is 0.490 e. The third kappa shape index (κ3) is 6.53. The van der Waals surface area contributed by atoms with Crippen molar-refractivity contribution >= 4 is 28.6 Å². The number of halogens is 5. The lowest BCUT2D eigenvalue weighted by molar-refractivity contribution is -0.192. The van der Waals surface area contributed by atoms with E-state index in [0.717, 1.165) is 67.8 Å². The van der Waals surface area contributed by atoms with Gasteiger partial charge in [0.25, 0.3) is 0 Å². The molecule has 192 valence electrons. The number of carbonyl (C=O) groups is 1. The minimum Gasteiger partial charge on any atom is -0.475 e. The van der Waals surface area contributed by atoms with Crippen LogP contribution in [0.1, 0.15) is 18.4 Å². The van der Waals surface area contributed by atoms with Crippen molar-refractivity contribution in [3.8, 4) is 0 Å². The minimum absolute atomic E-state index is 0.473. The van der Waals surface area contributed by atoms with E-state index in [-0.39, 0.29) is 0 Å². The third-order valence-electron chi connectivity index (χ3n) is 5.69. The number of hydrogen-bond donors (Lipinski definition) is 2. The molecular formula is C23H23F5N6O2. The fourth-order valence-electron chi connectivity index (χ4n) is 3.64. The van der Waals surface area contributed by atoms with Crippen LogP contribution in [-0.4, -0.2) is 69.3 Å². The van der Waals surface area contributed by atoms with Gasteiger partial charge in [-0.05, 0) is 25.0 Å². The molecule has 0 bridgehead atoms. The lowest BCUT2D eigenvalue weighted by atomic mass is 10.1. The average Bonchev–Trinajstić information content (AvgIpc) is 3.65. The van der Waals surface area contributed by atoms with Gasteiger partial charge in [-0.1, -0.05) is 6.07 Å². The van der Waals surface area contributed by atoms with E-state index in [2.05, 4.69) is 20.1 Å². The number of carboxylic acid groups (broad SMARTS) is 1. The zero-order valence-electron chi connectivity index (χ0n) is 19.0. The molecule has 0 radical (unpaired) electrons. The monoisotopic (exact) mass is 510 g/mol. The highest BCUT2D eigenvalue weighted by Crippen LogP contribution is 2.31. The van der Waals surface area contributed by atoms with E-state index in [1.54, 1.807) is 12.4 Å². The summed E-state index contributed by atoms with van der Waals surface area (Å²) < 4.78 is 58.8. The maximum Gasteiger partial charge on any atom is 0.490 e. The molecule has 1 aromatic carbocycles. The molecule has 2 aliphatic rings. The fraction of sp³-hybridized carbons (Fsp3) is 0.391. The lowest BCUT2D eigenvalue weighted by Crippen LogP contribution is -2.46. The molecule has 0 unspecified atom stereocenters. The van der Waals surface area contributed by atoms with Crippen LogP contribution in [0, 0.1) is 11.6 Å². The van der Waals surface area contributed by atoms with Gasteiger partial charge in [-0.2, -0.15) is 13.2 Å². The number of hydrogen-bond acceptors (Lipinski definition) is 7. The summed E-state index contributed by atoms with van der Waals surface area (Å²) in [6, 6.07) is 6.13. The second kappa shape index (κ2) is 10.6. The normalized spacial score (nSPS) is 16.4. The van der Waals surface area contributed by atoms with Gasteiger partial charge in [-0.25, -0.2) is 23.5 Å². The number of rotatable bonds is 5. The van der Waals surface area contributed by atoms with Crippen LogP contribution >= 0.6 is 0 Å². The van der Waals surface area contributed by atoms with Crippen molar-refractivity contribution in [2.45, 2.75) is 31.6 Å². The van der Waals surface area contributed by atoms with E-state index < -0.39 is 23.8 Å². The van der Waals surface area contributed by atoms with Crippen LogP contribution in [0.25, 0.3) is 11.0 Å². The van der Waals surface area contributed by atoms with Crippen molar-refractivity contribution in [3.63, 3.8) is 0 Å². The number of anilines is 2. The van der Waals surface area contributed by atoms with E-state index in [0.29, 0.717) is 18.2 Å². The number of piperazine rings is 1. The molecule has 0 atom stereocenters. The number of benzene rings is 1. The first kappa shape index (κ1) is 25.5. The molecule has 8 nitrogen and oxygen atoms in total. The first-order valence-electron chi connectivity index (χ1n) is 11.2. The Bertz CT molecular complexity index is 1230. The third-order valence-corrected chi connectivity index (χ3v) is 5.69. The van der Waals surface area contributed by atoms with Crippen LogP contribution in [0.15, 0.2) is 36.7 Å². The number of pyridine rings is 1. The summed E-state index contributed by atoms with van der Waals surface area (Å²) in [6.07, 6.45) is 0.699. The number of aromatic nitrogens is 3. The Morgan fingerprint density at radius 3 is 2.36 bits per heavy atom. The van der Waals surface area contributed by atoms with Gasteiger partial charge in [-0.3, -0.25) is 9.88 Å². The van der Waals surface area contributed by atoms with Gasteiger partial charge in [-0.15, -0.1) is 0 Å². The van der Waals surface area contributed by atoms with Gasteiger partial charge in [0.2, 0.25) is 0 Å². The molecule has 2 N–H and O–H groups in total. The second-order valence-corrected chi connectivity index (χ2v) is 8.48. The molecule has 2 aromatic heterocycles. The van der Waals surface area contributed by atoms with Gasteiger partial charge < -0.3 is 15.3 Å². The van der Waals surface area contributed by atoms with Crippen molar-refractivity contribution < 1.29 is 31.9 Å². The molecule has 13 heteroatoms. The predicted octanol–water partition coefficient (Wildman–Crippen LogP) is 3.83. The Kier molecular flexibility index (Phi) is 7.48. The van der Waals surface area contributed by atoms with Crippen LogP contribution in [0.3, 0.4) is 0 Å².